The number of aromatic nitrogens is 5. The van der Waals surface area contributed by atoms with Crippen molar-refractivity contribution in [2.24, 2.45) is 0 Å². The molecule has 1 aromatic carbocycles. The second kappa shape index (κ2) is 7.78. The van der Waals surface area contributed by atoms with Gasteiger partial charge in [0.05, 0.1) is 16.9 Å². The maximum absolute atomic E-state index is 12.4. The number of nitrogens with zero attached hydrogens (tertiary/aromatic N) is 5. The molecule has 4 rings (SSSR count). The Bertz CT molecular complexity index is 1240. The second-order valence-electron chi connectivity index (χ2n) is 6.94. The summed E-state index contributed by atoms with van der Waals surface area (Å²) in [6.07, 6.45) is 1.58. The third-order valence-corrected chi connectivity index (χ3v) is 4.52. The summed E-state index contributed by atoms with van der Waals surface area (Å²) in [5.41, 5.74) is 3.62. The highest BCUT2D eigenvalue weighted by Gasteiger charge is 2.15. The van der Waals surface area contributed by atoms with Gasteiger partial charge in [-0.25, -0.2) is 9.48 Å². The summed E-state index contributed by atoms with van der Waals surface area (Å²) in [4.78, 5) is 24.7. The maximum atomic E-state index is 12.4. The van der Waals surface area contributed by atoms with Crippen molar-refractivity contribution in [1.29, 1.82) is 0 Å². The topological polar surface area (TPSA) is 103 Å². The van der Waals surface area contributed by atoms with Gasteiger partial charge < -0.3 is 10.1 Å². The van der Waals surface area contributed by atoms with Crippen molar-refractivity contribution >= 4 is 23.3 Å². The molecule has 0 aliphatic rings. The number of nitrogens with one attached hydrogen (secondary N) is 1. The Morgan fingerprint density at radius 2 is 1.80 bits per heavy atom. The van der Waals surface area contributed by atoms with Gasteiger partial charge in [-0.05, 0) is 45.0 Å². The minimum atomic E-state index is -0.608. The van der Waals surface area contributed by atoms with E-state index in [4.69, 9.17) is 4.74 Å². The van der Waals surface area contributed by atoms with E-state index in [9.17, 15) is 9.59 Å². The number of fused-ring (bicyclic) bond motifs is 1. The molecule has 3 heterocycles. The molecule has 9 nitrogen and oxygen atoms in total. The Hall–Kier alpha value is -4.01. The van der Waals surface area contributed by atoms with E-state index < -0.39 is 18.5 Å². The summed E-state index contributed by atoms with van der Waals surface area (Å²) in [6.45, 7) is 5.19. The van der Waals surface area contributed by atoms with Gasteiger partial charge in [0, 0.05) is 12.3 Å². The zero-order valence-corrected chi connectivity index (χ0v) is 16.8. The van der Waals surface area contributed by atoms with Crippen molar-refractivity contribution in [3.63, 3.8) is 0 Å². The van der Waals surface area contributed by atoms with E-state index in [1.807, 2.05) is 38.1 Å². The SMILES string of the molecule is Cc1ccc(-n2nc(C)cc2NC(=O)COC(=O)c2ccc3nnc(C)n3c2)cc1. The number of anilines is 1. The zero-order valence-electron chi connectivity index (χ0n) is 16.8. The first-order chi connectivity index (χ1) is 14.4. The van der Waals surface area contributed by atoms with E-state index in [-0.39, 0.29) is 0 Å². The summed E-state index contributed by atoms with van der Waals surface area (Å²) >= 11 is 0. The van der Waals surface area contributed by atoms with Crippen LogP contribution in [0.4, 0.5) is 5.82 Å². The van der Waals surface area contributed by atoms with Crippen LogP contribution in [-0.4, -0.2) is 42.9 Å². The lowest BCUT2D eigenvalue weighted by Crippen LogP contribution is -2.22. The van der Waals surface area contributed by atoms with Crippen LogP contribution < -0.4 is 5.32 Å². The van der Waals surface area contributed by atoms with E-state index in [2.05, 4.69) is 20.6 Å². The van der Waals surface area contributed by atoms with Crippen LogP contribution in [0, 0.1) is 20.8 Å². The largest absolute Gasteiger partial charge is 0.452 e. The number of benzene rings is 1. The van der Waals surface area contributed by atoms with Crippen LogP contribution in [0.2, 0.25) is 0 Å². The summed E-state index contributed by atoms with van der Waals surface area (Å²) in [5.74, 6) is 0.0811. The Morgan fingerprint density at radius 1 is 1.03 bits per heavy atom. The predicted molar refractivity (Wildman–Crippen MR) is 110 cm³/mol. The summed E-state index contributed by atoms with van der Waals surface area (Å²) in [5, 5.41) is 15.1. The number of pyridine rings is 1. The molecule has 3 aromatic heterocycles. The van der Waals surface area contributed by atoms with Gasteiger partial charge in [0.25, 0.3) is 5.91 Å². The fraction of sp³-hybridized carbons (Fsp3) is 0.190. The number of aryl methyl sites for hydroxylation is 3. The predicted octanol–water partition coefficient (Wildman–Crippen LogP) is 2.64. The number of carbonyl (C=O) groups is 2. The fourth-order valence-electron chi connectivity index (χ4n) is 2.99. The summed E-state index contributed by atoms with van der Waals surface area (Å²) < 4.78 is 8.48. The van der Waals surface area contributed by atoms with Gasteiger partial charge >= 0.3 is 5.97 Å². The Balaban J connectivity index is 1.43. The van der Waals surface area contributed by atoms with Gasteiger partial charge in [0.15, 0.2) is 12.3 Å². The summed E-state index contributed by atoms with van der Waals surface area (Å²) in [6, 6.07) is 12.8. The normalized spacial score (nSPS) is 10.9. The molecule has 30 heavy (non-hydrogen) atoms. The highest BCUT2D eigenvalue weighted by Crippen LogP contribution is 2.17. The molecule has 0 aliphatic heterocycles. The third-order valence-electron chi connectivity index (χ3n) is 4.52. The van der Waals surface area contributed by atoms with Gasteiger partial charge in [-0.15, -0.1) is 10.2 Å². The minimum Gasteiger partial charge on any atom is -0.452 e. The van der Waals surface area contributed by atoms with Crippen LogP contribution in [0.25, 0.3) is 11.3 Å². The van der Waals surface area contributed by atoms with E-state index >= 15 is 0 Å². The van der Waals surface area contributed by atoms with Crippen LogP contribution in [0.1, 0.15) is 27.4 Å². The lowest BCUT2D eigenvalue weighted by atomic mass is 10.2. The lowest BCUT2D eigenvalue weighted by molar-refractivity contribution is -0.119. The van der Waals surface area contributed by atoms with E-state index in [1.54, 1.807) is 40.4 Å². The highest BCUT2D eigenvalue weighted by atomic mass is 16.5. The first-order valence-corrected chi connectivity index (χ1v) is 9.33. The molecule has 0 saturated carbocycles. The van der Waals surface area contributed by atoms with Gasteiger partial charge in [-0.3, -0.25) is 9.20 Å². The molecule has 0 aliphatic carbocycles. The molecule has 0 radical (unpaired) electrons. The van der Waals surface area contributed by atoms with Crippen LogP contribution in [0.5, 0.6) is 0 Å². The van der Waals surface area contributed by atoms with E-state index in [1.165, 1.54) is 0 Å². The molecule has 1 amide bonds. The van der Waals surface area contributed by atoms with Crippen LogP contribution in [0.15, 0.2) is 48.7 Å². The molecule has 152 valence electrons. The molecular weight excluding hydrogens is 384 g/mol. The van der Waals surface area contributed by atoms with Gasteiger partial charge in [0.1, 0.15) is 11.6 Å². The second-order valence-corrected chi connectivity index (χ2v) is 6.94. The third kappa shape index (κ3) is 3.90. The van der Waals surface area contributed by atoms with Gasteiger partial charge in [-0.1, -0.05) is 17.7 Å². The maximum Gasteiger partial charge on any atom is 0.340 e. The number of rotatable bonds is 5. The molecule has 9 heteroatoms. The number of hydrogen-bond donors (Lipinski definition) is 1. The monoisotopic (exact) mass is 404 g/mol. The van der Waals surface area contributed by atoms with Crippen LogP contribution >= 0.6 is 0 Å². The number of ether oxygens (including phenoxy) is 1. The molecule has 0 bridgehead atoms. The van der Waals surface area contributed by atoms with Crippen LogP contribution in [-0.2, 0) is 9.53 Å². The molecule has 0 atom stereocenters. The highest BCUT2D eigenvalue weighted by molar-refractivity contribution is 5.95. The molecule has 1 N–H and O–H groups in total. The number of esters is 1. The summed E-state index contributed by atoms with van der Waals surface area (Å²) in [7, 11) is 0. The van der Waals surface area contributed by atoms with Gasteiger partial charge in [-0.2, -0.15) is 5.10 Å². The number of amides is 1. The van der Waals surface area contributed by atoms with Gasteiger partial charge in [0.2, 0.25) is 0 Å². The first kappa shape index (κ1) is 19.3. The first-order valence-electron chi connectivity index (χ1n) is 9.33. The molecule has 0 spiro atoms. The smallest absolute Gasteiger partial charge is 0.340 e. The van der Waals surface area contributed by atoms with Crippen molar-refractivity contribution in [3.05, 3.63) is 71.3 Å². The molecule has 0 saturated heterocycles. The van der Waals surface area contributed by atoms with E-state index in [0.29, 0.717) is 22.9 Å². The Labute approximate surface area is 172 Å². The minimum absolute atomic E-state index is 0.304. The molecular formula is C21H20N6O3. The van der Waals surface area contributed by atoms with Crippen molar-refractivity contribution in [2.45, 2.75) is 20.8 Å². The zero-order chi connectivity index (χ0) is 21.3. The Morgan fingerprint density at radius 3 is 2.57 bits per heavy atom. The Kier molecular flexibility index (Phi) is 5.01. The average Bonchev–Trinajstić information content (AvgIpc) is 3.28. The lowest BCUT2D eigenvalue weighted by Gasteiger charge is -2.10. The quantitative estimate of drug-likeness (QED) is 0.513. The molecule has 4 aromatic rings. The van der Waals surface area contributed by atoms with Crippen LogP contribution in [0.3, 0.4) is 0 Å². The van der Waals surface area contributed by atoms with Crippen molar-refractivity contribution in [2.75, 3.05) is 11.9 Å². The standard InChI is InChI=1S/C21H20N6O3/c1-13-4-7-17(8-5-13)27-19(10-14(2)25-27)22-20(28)12-30-21(29)16-6-9-18-24-23-15(3)26(18)11-16/h4-11H,12H2,1-3H3,(H,22,28). The van der Waals surface area contributed by atoms with E-state index in [0.717, 1.165) is 16.9 Å². The molecule has 0 fully saturated rings. The molecule has 0 unspecified atom stereocenters. The van der Waals surface area contributed by atoms with Crippen molar-refractivity contribution in [3.8, 4) is 5.69 Å². The fourth-order valence-corrected chi connectivity index (χ4v) is 2.99. The number of carbonyl (C=O) groups excluding carboxylic acids is 2. The van der Waals surface area contributed by atoms with Crippen molar-refractivity contribution in [1.82, 2.24) is 24.4 Å². The average molecular weight is 404 g/mol. The number of hydrogen-bond acceptors (Lipinski definition) is 6. The van der Waals surface area contributed by atoms with Crippen molar-refractivity contribution < 1.29 is 14.3 Å².